The van der Waals surface area contributed by atoms with Gasteiger partial charge in [-0.2, -0.15) is 5.26 Å². The zero-order valence-corrected chi connectivity index (χ0v) is 21.1. The number of pyridine rings is 1. The molecule has 186 valence electrons. The molecule has 3 aromatic rings. The molecule has 0 saturated heterocycles. The van der Waals surface area contributed by atoms with Gasteiger partial charge in [-0.1, -0.05) is 25.1 Å². The summed E-state index contributed by atoms with van der Waals surface area (Å²) in [6.45, 7) is 3.08. The van der Waals surface area contributed by atoms with E-state index in [-0.39, 0.29) is 30.9 Å². The quantitative estimate of drug-likeness (QED) is 0.468. The molecule has 9 heteroatoms. The highest BCUT2D eigenvalue weighted by Crippen LogP contribution is 2.37. The molecule has 2 amide bonds. The van der Waals surface area contributed by atoms with Gasteiger partial charge >= 0.3 is 6.09 Å². The molecule has 0 spiro atoms. The topological polar surface area (TPSA) is 105 Å². The molecule has 0 saturated carbocycles. The van der Waals surface area contributed by atoms with E-state index in [1.807, 2.05) is 43.3 Å². The first-order valence-electron chi connectivity index (χ1n) is 11.8. The Balaban J connectivity index is 1.35. The average Bonchev–Trinajstić information content (AvgIpc) is 3.25. The molecule has 1 aliphatic rings. The van der Waals surface area contributed by atoms with E-state index >= 15 is 0 Å². The second-order valence-electron chi connectivity index (χ2n) is 8.65. The van der Waals surface area contributed by atoms with E-state index < -0.39 is 0 Å². The van der Waals surface area contributed by atoms with E-state index in [1.165, 1.54) is 11.3 Å². The van der Waals surface area contributed by atoms with E-state index in [4.69, 9.17) is 9.47 Å². The predicted molar refractivity (Wildman–Crippen MR) is 137 cm³/mol. The molecule has 8 nitrogen and oxygen atoms in total. The molecule has 0 bridgehead atoms. The molecule has 1 atom stereocenters. The minimum Gasteiger partial charge on any atom is -0.497 e. The normalized spacial score (nSPS) is 13.3. The maximum atomic E-state index is 12.8. The second-order valence-corrected chi connectivity index (χ2v) is 9.75. The molecule has 36 heavy (non-hydrogen) atoms. The predicted octanol–water partition coefficient (Wildman–Crippen LogP) is 4.89. The van der Waals surface area contributed by atoms with Crippen molar-refractivity contribution in [2.45, 2.75) is 38.6 Å². The molecule has 0 radical (unpaired) electrons. The summed E-state index contributed by atoms with van der Waals surface area (Å²) in [6, 6.07) is 13.7. The molecule has 4 rings (SSSR count). The SMILES string of the molecule is COc1cccc(C(C)CC(=O)Nc2sc3c(c2C#N)CCN(C(=O)OCCc2cccnc2)C3)c1. The van der Waals surface area contributed by atoms with Crippen molar-refractivity contribution in [2.75, 3.05) is 25.6 Å². The number of hydrogen-bond donors (Lipinski definition) is 1. The average molecular weight is 505 g/mol. The van der Waals surface area contributed by atoms with Crippen molar-refractivity contribution in [3.05, 3.63) is 75.9 Å². The Bertz CT molecular complexity index is 1270. The van der Waals surface area contributed by atoms with Crippen molar-refractivity contribution in [1.82, 2.24) is 9.88 Å². The van der Waals surface area contributed by atoms with Crippen LogP contribution in [0.25, 0.3) is 0 Å². The van der Waals surface area contributed by atoms with Crippen LogP contribution in [0.15, 0.2) is 48.8 Å². The minimum atomic E-state index is -0.380. The summed E-state index contributed by atoms with van der Waals surface area (Å²) in [4.78, 5) is 32.0. The van der Waals surface area contributed by atoms with Crippen molar-refractivity contribution in [3.8, 4) is 11.8 Å². The molecule has 1 aromatic carbocycles. The van der Waals surface area contributed by atoms with Crippen LogP contribution in [0.1, 0.15) is 46.4 Å². The molecule has 1 unspecified atom stereocenters. The number of rotatable bonds is 8. The number of benzene rings is 1. The van der Waals surface area contributed by atoms with E-state index in [2.05, 4.69) is 16.4 Å². The third-order valence-corrected chi connectivity index (χ3v) is 7.31. The maximum absolute atomic E-state index is 12.8. The maximum Gasteiger partial charge on any atom is 0.410 e. The lowest BCUT2D eigenvalue weighted by Gasteiger charge is -2.26. The van der Waals surface area contributed by atoms with Crippen LogP contribution < -0.4 is 10.1 Å². The molecule has 1 aliphatic heterocycles. The summed E-state index contributed by atoms with van der Waals surface area (Å²) in [6.07, 6.45) is 4.49. The first kappa shape index (κ1) is 25.2. The Hall–Kier alpha value is -3.90. The number of hydrogen-bond acceptors (Lipinski definition) is 7. The highest BCUT2D eigenvalue weighted by molar-refractivity contribution is 7.16. The van der Waals surface area contributed by atoms with E-state index in [0.717, 1.165) is 27.3 Å². The van der Waals surface area contributed by atoms with Crippen LogP contribution in [0.4, 0.5) is 9.80 Å². The van der Waals surface area contributed by atoms with Gasteiger partial charge in [0.15, 0.2) is 0 Å². The van der Waals surface area contributed by atoms with Crippen LogP contribution in [0.3, 0.4) is 0 Å². The number of aromatic nitrogens is 1. The summed E-state index contributed by atoms with van der Waals surface area (Å²) in [7, 11) is 1.61. The summed E-state index contributed by atoms with van der Waals surface area (Å²) in [5.41, 5.74) is 3.40. The molecular formula is C27H28N4O4S. The number of methoxy groups -OCH3 is 1. The molecule has 0 aliphatic carbocycles. The zero-order chi connectivity index (χ0) is 25.5. The molecule has 1 N–H and O–H groups in total. The van der Waals surface area contributed by atoms with Crippen LogP contribution in [0.5, 0.6) is 5.75 Å². The van der Waals surface area contributed by atoms with Crippen LogP contribution in [-0.2, 0) is 28.9 Å². The Kier molecular flexibility index (Phi) is 8.18. The van der Waals surface area contributed by atoms with E-state index in [9.17, 15) is 14.9 Å². The number of anilines is 1. The van der Waals surface area contributed by atoms with Gasteiger partial charge in [-0.3, -0.25) is 9.78 Å². The Morgan fingerprint density at radius 2 is 2.17 bits per heavy atom. The fourth-order valence-corrected chi connectivity index (χ4v) is 5.41. The Morgan fingerprint density at radius 1 is 1.31 bits per heavy atom. The summed E-state index contributed by atoms with van der Waals surface area (Å²) < 4.78 is 10.7. The number of nitriles is 1. The number of carbonyl (C=O) groups is 2. The number of amides is 2. The Labute approximate surface area is 214 Å². The lowest BCUT2D eigenvalue weighted by molar-refractivity contribution is -0.116. The summed E-state index contributed by atoms with van der Waals surface area (Å²) in [5.74, 6) is 0.571. The highest BCUT2D eigenvalue weighted by atomic mass is 32.1. The first-order valence-corrected chi connectivity index (χ1v) is 12.6. The Morgan fingerprint density at radius 3 is 2.92 bits per heavy atom. The standard InChI is InChI=1S/C27H28N4O4S/c1-18(20-6-3-7-21(14-20)34-2)13-25(32)30-26-23(15-28)22-8-11-31(17-24(22)36-26)27(33)35-12-9-19-5-4-10-29-16-19/h3-7,10,14,16,18H,8-9,11-13,17H2,1-2H3,(H,30,32). The van der Waals surface area contributed by atoms with Crippen molar-refractivity contribution in [2.24, 2.45) is 0 Å². The third kappa shape index (κ3) is 6.01. The minimum absolute atomic E-state index is 0.0165. The number of fused-ring (bicyclic) bond motifs is 1. The number of carbonyl (C=O) groups excluding carboxylic acids is 2. The summed E-state index contributed by atoms with van der Waals surface area (Å²) in [5, 5.41) is 13.2. The number of ether oxygens (including phenoxy) is 2. The van der Waals surface area contributed by atoms with Crippen molar-refractivity contribution in [3.63, 3.8) is 0 Å². The molecule has 3 heterocycles. The number of nitrogens with one attached hydrogen (secondary N) is 1. The van der Waals surface area contributed by atoms with Crippen LogP contribution in [-0.4, -0.2) is 42.1 Å². The van der Waals surface area contributed by atoms with Gasteiger partial charge in [-0.15, -0.1) is 11.3 Å². The van der Waals surface area contributed by atoms with Gasteiger partial charge < -0.3 is 19.7 Å². The van der Waals surface area contributed by atoms with Gasteiger partial charge in [0.2, 0.25) is 5.91 Å². The highest BCUT2D eigenvalue weighted by Gasteiger charge is 2.28. The van der Waals surface area contributed by atoms with Gasteiger partial charge in [0, 0.05) is 36.7 Å². The van der Waals surface area contributed by atoms with Crippen molar-refractivity contribution >= 4 is 28.3 Å². The van der Waals surface area contributed by atoms with Gasteiger partial charge in [0.05, 0.1) is 25.8 Å². The van der Waals surface area contributed by atoms with Crippen molar-refractivity contribution < 1.29 is 19.1 Å². The molecular weight excluding hydrogens is 476 g/mol. The number of thiophene rings is 1. The van der Waals surface area contributed by atoms with Crippen LogP contribution in [0, 0.1) is 11.3 Å². The third-order valence-electron chi connectivity index (χ3n) is 6.17. The largest absolute Gasteiger partial charge is 0.497 e. The van der Waals surface area contributed by atoms with Gasteiger partial charge in [-0.25, -0.2) is 4.79 Å². The lowest BCUT2D eigenvalue weighted by Crippen LogP contribution is -2.36. The molecule has 0 fully saturated rings. The van der Waals surface area contributed by atoms with E-state index in [1.54, 1.807) is 24.4 Å². The fourth-order valence-electron chi connectivity index (χ4n) is 4.18. The summed E-state index contributed by atoms with van der Waals surface area (Å²) >= 11 is 1.35. The van der Waals surface area contributed by atoms with Crippen molar-refractivity contribution in [1.29, 1.82) is 5.26 Å². The second kappa shape index (κ2) is 11.7. The fraction of sp³-hybridized carbons (Fsp3) is 0.333. The van der Waals surface area contributed by atoms with Gasteiger partial charge in [0.1, 0.15) is 16.8 Å². The van der Waals surface area contributed by atoms with Gasteiger partial charge in [0.25, 0.3) is 0 Å². The number of nitrogens with zero attached hydrogens (tertiary/aromatic N) is 3. The van der Waals surface area contributed by atoms with Gasteiger partial charge in [-0.05, 0) is 47.2 Å². The first-order chi connectivity index (χ1) is 17.5. The molecule has 2 aromatic heterocycles. The van der Waals surface area contributed by atoms with Crippen LogP contribution >= 0.6 is 11.3 Å². The smallest absolute Gasteiger partial charge is 0.410 e. The zero-order valence-electron chi connectivity index (χ0n) is 20.3. The lowest BCUT2D eigenvalue weighted by atomic mass is 9.97. The van der Waals surface area contributed by atoms with E-state index in [0.29, 0.717) is 36.5 Å². The van der Waals surface area contributed by atoms with Crippen LogP contribution in [0.2, 0.25) is 0 Å². The monoisotopic (exact) mass is 504 g/mol.